The zero-order chi connectivity index (χ0) is 18.0. The topological polar surface area (TPSA) is 46.3 Å². The average Bonchev–Trinajstić information content (AvgIpc) is 3.04. The summed E-state index contributed by atoms with van der Waals surface area (Å²) in [7, 11) is 0. The average molecular weight is 359 g/mol. The predicted octanol–water partition coefficient (Wildman–Crippen LogP) is 4.55. The Morgan fingerprint density at radius 3 is 2.56 bits per heavy atom. The Hall–Kier alpha value is -1.31. The molecule has 1 aromatic heterocycles. The molecule has 2 fully saturated rings. The molecular weight excluding hydrogens is 328 g/mol. The van der Waals surface area contributed by atoms with Crippen LogP contribution in [0.25, 0.3) is 0 Å². The first-order valence-corrected chi connectivity index (χ1v) is 10.4. The third kappa shape index (κ3) is 4.46. The van der Waals surface area contributed by atoms with Gasteiger partial charge in [-0.05, 0) is 58.4 Å². The number of piperidine rings is 1. The summed E-state index contributed by atoms with van der Waals surface area (Å²) in [5.74, 6) is 7.26. The maximum absolute atomic E-state index is 12.9. The minimum Gasteiger partial charge on any atom is -0.320 e. The Balaban J connectivity index is 1.86. The van der Waals surface area contributed by atoms with Crippen LogP contribution in [0.3, 0.4) is 0 Å². The zero-order valence-electron chi connectivity index (χ0n) is 15.7. The molecule has 4 heteroatoms. The van der Waals surface area contributed by atoms with Crippen molar-refractivity contribution in [2.45, 2.75) is 77.8 Å². The molecule has 2 atom stereocenters. The molecule has 0 radical (unpaired) electrons. The molecule has 3 nitrogen and oxygen atoms in total. The summed E-state index contributed by atoms with van der Waals surface area (Å²) < 4.78 is 0. The van der Waals surface area contributed by atoms with Gasteiger partial charge in [0.2, 0.25) is 5.91 Å². The molecule has 2 N–H and O–H groups in total. The van der Waals surface area contributed by atoms with E-state index in [1.807, 2.05) is 4.90 Å². The van der Waals surface area contributed by atoms with Crippen molar-refractivity contribution in [1.29, 1.82) is 0 Å². The van der Waals surface area contributed by atoms with Gasteiger partial charge in [0.25, 0.3) is 0 Å². The smallest absolute Gasteiger partial charge is 0.244 e. The molecule has 1 aliphatic heterocycles. The molecule has 1 saturated carbocycles. The third-order valence-electron chi connectivity index (χ3n) is 5.28. The lowest BCUT2D eigenvalue weighted by Gasteiger charge is -2.43. The first-order chi connectivity index (χ1) is 11.8. The second-order valence-electron chi connectivity index (χ2n) is 8.53. The monoisotopic (exact) mass is 358 g/mol. The van der Waals surface area contributed by atoms with Crippen molar-refractivity contribution in [3.05, 3.63) is 16.3 Å². The van der Waals surface area contributed by atoms with Gasteiger partial charge >= 0.3 is 0 Å². The van der Waals surface area contributed by atoms with Gasteiger partial charge in [0.1, 0.15) is 0 Å². The summed E-state index contributed by atoms with van der Waals surface area (Å²) in [6.45, 7) is 6.34. The number of carbonyl (C=O) groups excluding carboxylic acids is 1. The van der Waals surface area contributed by atoms with Gasteiger partial charge in [-0.3, -0.25) is 4.79 Å². The molecule has 1 aromatic rings. The largest absolute Gasteiger partial charge is 0.320 e. The van der Waals surface area contributed by atoms with Crippen LogP contribution in [-0.2, 0) is 4.79 Å². The van der Waals surface area contributed by atoms with Crippen molar-refractivity contribution < 1.29 is 4.79 Å². The summed E-state index contributed by atoms with van der Waals surface area (Å²) in [5.41, 5.74) is 7.09. The molecule has 0 spiro atoms. The highest BCUT2D eigenvalue weighted by Gasteiger charge is 2.39. The molecular formula is C21H30N2OS. The molecule has 3 rings (SSSR count). The number of hydrogen-bond acceptors (Lipinski definition) is 3. The van der Waals surface area contributed by atoms with E-state index in [9.17, 15) is 4.79 Å². The van der Waals surface area contributed by atoms with E-state index in [0.29, 0.717) is 12.0 Å². The Morgan fingerprint density at radius 1 is 1.16 bits per heavy atom. The maximum Gasteiger partial charge on any atom is 0.244 e. The molecule has 1 unspecified atom stereocenters. The first-order valence-electron chi connectivity index (χ1n) is 9.55. The highest BCUT2D eigenvalue weighted by molar-refractivity contribution is 7.11. The van der Waals surface area contributed by atoms with Crippen LogP contribution in [0.2, 0.25) is 0 Å². The van der Waals surface area contributed by atoms with E-state index in [1.165, 1.54) is 32.1 Å². The van der Waals surface area contributed by atoms with E-state index in [2.05, 4.69) is 44.1 Å². The van der Waals surface area contributed by atoms with Crippen LogP contribution in [0.4, 0.5) is 5.69 Å². The normalized spacial score (nSPS) is 25.6. The van der Waals surface area contributed by atoms with Crippen LogP contribution in [0, 0.1) is 23.2 Å². The van der Waals surface area contributed by atoms with Crippen LogP contribution in [-0.4, -0.2) is 18.0 Å². The van der Waals surface area contributed by atoms with E-state index in [1.54, 1.807) is 11.3 Å². The summed E-state index contributed by atoms with van der Waals surface area (Å²) in [6, 6.07) is 2.03. The summed E-state index contributed by atoms with van der Waals surface area (Å²) >= 11 is 1.63. The Bertz CT molecular complexity index is 670. The van der Waals surface area contributed by atoms with E-state index < -0.39 is 0 Å². The molecule has 1 aliphatic carbocycles. The first kappa shape index (κ1) is 18.5. The van der Waals surface area contributed by atoms with Crippen molar-refractivity contribution >= 4 is 22.9 Å². The van der Waals surface area contributed by atoms with E-state index in [-0.39, 0.29) is 17.4 Å². The van der Waals surface area contributed by atoms with Crippen molar-refractivity contribution in [3.8, 4) is 11.8 Å². The van der Waals surface area contributed by atoms with Crippen molar-refractivity contribution in [2.75, 3.05) is 4.90 Å². The Labute approximate surface area is 156 Å². The van der Waals surface area contributed by atoms with E-state index in [4.69, 9.17) is 5.73 Å². The number of thiophene rings is 1. The fourth-order valence-electron chi connectivity index (χ4n) is 4.00. The molecule has 1 amide bonds. The minimum absolute atomic E-state index is 0.0158. The summed E-state index contributed by atoms with van der Waals surface area (Å²) in [6.07, 6.45) is 8.24. The SMILES string of the molecule is CC(C)(C)C#Cc1cc(N2C(=O)[C@@H](N)CCC2C2CCCCC2)cs1. The molecule has 2 aliphatic rings. The van der Waals surface area contributed by atoms with Gasteiger partial charge in [0.05, 0.1) is 16.6 Å². The number of hydrogen-bond donors (Lipinski definition) is 1. The number of rotatable bonds is 2. The second-order valence-corrected chi connectivity index (χ2v) is 9.44. The van der Waals surface area contributed by atoms with Crippen LogP contribution < -0.4 is 10.6 Å². The highest BCUT2D eigenvalue weighted by Crippen LogP contribution is 2.37. The van der Waals surface area contributed by atoms with E-state index in [0.717, 1.165) is 23.4 Å². The number of anilines is 1. The summed E-state index contributed by atoms with van der Waals surface area (Å²) in [5, 5.41) is 2.08. The standard InChI is InChI=1S/C21H30N2OS/c1-21(2,3)12-11-17-13-16(14-25-17)23-19(10-9-18(22)20(23)24)15-7-5-4-6-8-15/h13-15,18-19H,4-10,22H2,1-3H3/t18-,19?/m0/s1. The lowest BCUT2D eigenvalue weighted by molar-refractivity contribution is -0.122. The van der Waals surface area contributed by atoms with Gasteiger partial charge in [0, 0.05) is 16.8 Å². The molecule has 2 heterocycles. The number of carbonyl (C=O) groups is 1. The number of nitrogens with two attached hydrogens (primary N) is 1. The summed E-state index contributed by atoms with van der Waals surface area (Å²) in [4.78, 5) is 15.9. The van der Waals surface area contributed by atoms with Gasteiger partial charge < -0.3 is 10.6 Å². The second kappa shape index (κ2) is 7.51. The molecule has 0 aromatic carbocycles. The fraction of sp³-hybridized carbons (Fsp3) is 0.667. The van der Waals surface area contributed by atoms with Crippen molar-refractivity contribution in [2.24, 2.45) is 17.1 Å². The van der Waals surface area contributed by atoms with Gasteiger partial charge in [-0.1, -0.05) is 31.1 Å². The van der Waals surface area contributed by atoms with E-state index >= 15 is 0 Å². The van der Waals surface area contributed by atoms with Crippen LogP contribution in [0.1, 0.15) is 70.6 Å². The molecule has 1 saturated heterocycles. The maximum atomic E-state index is 12.9. The van der Waals surface area contributed by atoms with Gasteiger partial charge in [-0.15, -0.1) is 11.3 Å². The van der Waals surface area contributed by atoms with Crippen LogP contribution in [0.5, 0.6) is 0 Å². The van der Waals surface area contributed by atoms with Crippen LogP contribution in [0.15, 0.2) is 11.4 Å². The lowest BCUT2D eigenvalue weighted by atomic mass is 9.79. The Kier molecular flexibility index (Phi) is 5.55. The molecule has 0 bridgehead atoms. The lowest BCUT2D eigenvalue weighted by Crippen LogP contribution is -2.56. The van der Waals surface area contributed by atoms with Crippen molar-refractivity contribution in [1.82, 2.24) is 0 Å². The molecule has 136 valence electrons. The zero-order valence-corrected chi connectivity index (χ0v) is 16.5. The predicted molar refractivity (Wildman–Crippen MR) is 106 cm³/mol. The van der Waals surface area contributed by atoms with Gasteiger partial charge in [-0.2, -0.15) is 0 Å². The Morgan fingerprint density at radius 2 is 1.88 bits per heavy atom. The van der Waals surface area contributed by atoms with Crippen molar-refractivity contribution in [3.63, 3.8) is 0 Å². The number of nitrogens with zero attached hydrogens (tertiary/aromatic N) is 1. The van der Waals surface area contributed by atoms with Gasteiger partial charge in [0.15, 0.2) is 0 Å². The third-order valence-corrected chi connectivity index (χ3v) is 6.11. The van der Waals surface area contributed by atoms with Gasteiger partial charge in [-0.25, -0.2) is 0 Å². The fourth-order valence-corrected chi connectivity index (χ4v) is 4.72. The van der Waals surface area contributed by atoms with Crippen LogP contribution >= 0.6 is 11.3 Å². The minimum atomic E-state index is -0.358. The molecule has 25 heavy (non-hydrogen) atoms. The highest BCUT2D eigenvalue weighted by atomic mass is 32.1. The quantitative estimate of drug-likeness (QED) is 0.789. The number of amides is 1.